The number of benzene rings is 2. The van der Waals surface area contributed by atoms with Crippen LogP contribution in [0.15, 0.2) is 55.1 Å². The molecule has 0 N–H and O–H groups in total. The first-order valence-corrected chi connectivity index (χ1v) is 8.59. The molecule has 0 bridgehead atoms. The minimum absolute atomic E-state index is 0.0550. The van der Waals surface area contributed by atoms with Gasteiger partial charge in [0.05, 0.1) is 14.2 Å². The largest absolute Gasteiger partial charge is 0.480 e. The summed E-state index contributed by atoms with van der Waals surface area (Å²) in [7, 11) is 2.83. The lowest BCUT2D eigenvalue weighted by Crippen LogP contribution is -2.06. The standard InChI is InChI=1S/C22H20N2O4/c1-4-17-16(11-8-12-18(17)15-9-6-5-7-10-15)14-28-22-23-20(26-2)19(13-25)21(24-22)27-3/h4-13H,1,14H2,2-3H3. The molecule has 0 fully saturated rings. The van der Waals surface area contributed by atoms with E-state index in [0.29, 0.717) is 6.29 Å². The Morgan fingerprint density at radius 3 is 2.18 bits per heavy atom. The van der Waals surface area contributed by atoms with Crippen molar-refractivity contribution >= 4 is 12.4 Å². The number of aldehydes is 1. The van der Waals surface area contributed by atoms with Crippen LogP contribution in [-0.4, -0.2) is 30.5 Å². The minimum atomic E-state index is 0.0550. The topological polar surface area (TPSA) is 70.5 Å². The molecule has 6 nitrogen and oxygen atoms in total. The number of aromatic nitrogens is 2. The second-order valence-corrected chi connectivity index (χ2v) is 5.79. The molecule has 3 aromatic rings. The van der Waals surface area contributed by atoms with Gasteiger partial charge in [-0.1, -0.05) is 61.2 Å². The zero-order valence-electron chi connectivity index (χ0n) is 15.7. The third kappa shape index (κ3) is 3.86. The average molecular weight is 376 g/mol. The zero-order chi connectivity index (χ0) is 19.9. The molecule has 0 atom stereocenters. The van der Waals surface area contributed by atoms with Gasteiger partial charge >= 0.3 is 6.01 Å². The lowest BCUT2D eigenvalue weighted by molar-refractivity contribution is 0.111. The van der Waals surface area contributed by atoms with Crippen molar-refractivity contribution in [1.29, 1.82) is 0 Å². The molecule has 2 aromatic carbocycles. The van der Waals surface area contributed by atoms with Crippen LogP contribution in [0.1, 0.15) is 21.5 Å². The maximum Gasteiger partial charge on any atom is 0.323 e. The van der Waals surface area contributed by atoms with Crippen LogP contribution >= 0.6 is 0 Å². The molecule has 0 aliphatic rings. The molecule has 1 aromatic heterocycles. The molecule has 6 heteroatoms. The summed E-state index contributed by atoms with van der Waals surface area (Å²) in [6.07, 6.45) is 2.39. The van der Waals surface area contributed by atoms with Crippen LogP contribution in [-0.2, 0) is 6.61 Å². The summed E-state index contributed by atoms with van der Waals surface area (Å²) < 4.78 is 16.0. The summed E-state index contributed by atoms with van der Waals surface area (Å²) >= 11 is 0. The molecular weight excluding hydrogens is 356 g/mol. The molecule has 0 aliphatic heterocycles. The van der Waals surface area contributed by atoms with Gasteiger partial charge in [0, 0.05) is 0 Å². The van der Waals surface area contributed by atoms with E-state index < -0.39 is 0 Å². The number of carbonyl (C=O) groups is 1. The Hall–Kier alpha value is -3.67. The van der Waals surface area contributed by atoms with Crippen LogP contribution in [0.25, 0.3) is 17.2 Å². The Kier molecular flexibility index (Phi) is 6.01. The first-order chi connectivity index (χ1) is 13.7. The monoisotopic (exact) mass is 376 g/mol. The number of hydrogen-bond acceptors (Lipinski definition) is 6. The highest BCUT2D eigenvalue weighted by Gasteiger charge is 2.17. The third-order valence-corrected chi connectivity index (χ3v) is 4.20. The second-order valence-electron chi connectivity index (χ2n) is 5.79. The van der Waals surface area contributed by atoms with Gasteiger partial charge in [-0.2, -0.15) is 9.97 Å². The van der Waals surface area contributed by atoms with E-state index in [1.54, 1.807) is 6.08 Å². The number of carbonyl (C=O) groups excluding carboxylic acids is 1. The van der Waals surface area contributed by atoms with Crippen molar-refractivity contribution in [3.8, 4) is 28.9 Å². The van der Waals surface area contributed by atoms with Gasteiger partial charge in [-0.05, 0) is 22.3 Å². The molecule has 1 heterocycles. The highest BCUT2D eigenvalue weighted by Crippen LogP contribution is 2.29. The fourth-order valence-electron chi connectivity index (χ4n) is 2.88. The van der Waals surface area contributed by atoms with Crippen LogP contribution in [0.5, 0.6) is 17.8 Å². The molecule has 0 saturated carbocycles. The summed E-state index contributed by atoms with van der Waals surface area (Å²) in [6.45, 7) is 4.16. The number of ether oxygens (including phenoxy) is 3. The van der Waals surface area contributed by atoms with E-state index in [2.05, 4.69) is 16.5 Å². The van der Waals surface area contributed by atoms with Gasteiger partial charge in [-0.25, -0.2) is 0 Å². The van der Waals surface area contributed by atoms with Gasteiger partial charge in [0.2, 0.25) is 11.8 Å². The van der Waals surface area contributed by atoms with Crippen molar-refractivity contribution in [2.75, 3.05) is 14.2 Å². The van der Waals surface area contributed by atoms with Crippen molar-refractivity contribution < 1.29 is 19.0 Å². The second kappa shape index (κ2) is 8.81. The normalized spacial score (nSPS) is 10.2. The van der Waals surface area contributed by atoms with Crippen LogP contribution in [0.2, 0.25) is 0 Å². The number of methoxy groups -OCH3 is 2. The molecule has 28 heavy (non-hydrogen) atoms. The predicted molar refractivity (Wildman–Crippen MR) is 107 cm³/mol. The van der Waals surface area contributed by atoms with Crippen molar-refractivity contribution in [1.82, 2.24) is 9.97 Å². The molecule has 142 valence electrons. The number of nitrogens with zero attached hydrogens (tertiary/aromatic N) is 2. The van der Waals surface area contributed by atoms with Crippen molar-refractivity contribution in [3.63, 3.8) is 0 Å². The van der Waals surface area contributed by atoms with E-state index >= 15 is 0 Å². The summed E-state index contributed by atoms with van der Waals surface area (Å²) in [5, 5.41) is 0. The molecule has 0 radical (unpaired) electrons. The van der Waals surface area contributed by atoms with Crippen LogP contribution in [0, 0.1) is 0 Å². The quantitative estimate of drug-likeness (QED) is 0.549. The lowest BCUT2D eigenvalue weighted by atomic mass is 9.96. The zero-order valence-corrected chi connectivity index (χ0v) is 15.7. The summed E-state index contributed by atoms with van der Waals surface area (Å²) in [6, 6.07) is 16.1. The maximum atomic E-state index is 11.2. The Bertz CT molecular complexity index is 962. The number of rotatable bonds is 8. The van der Waals surface area contributed by atoms with E-state index in [-0.39, 0.29) is 29.9 Å². The van der Waals surface area contributed by atoms with Gasteiger partial charge in [-0.15, -0.1) is 0 Å². The summed E-state index contributed by atoms with van der Waals surface area (Å²) in [5.41, 5.74) is 4.18. The van der Waals surface area contributed by atoms with Crippen molar-refractivity contribution in [2.24, 2.45) is 0 Å². The molecule has 0 amide bonds. The van der Waals surface area contributed by atoms with E-state index in [1.807, 2.05) is 48.5 Å². The van der Waals surface area contributed by atoms with Gasteiger partial charge in [0.25, 0.3) is 0 Å². The number of hydrogen-bond donors (Lipinski definition) is 0. The van der Waals surface area contributed by atoms with Gasteiger partial charge in [-0.3, -0.25) is 4.79 Å². The molecule has 0 unspecified atom stereocenters. The van der Waals surface area contributed by atoms with Gasteiger partial charge in [0.1, 0.15) is 12.2 Å². The fourth-order valence-corrected chi connectivity index (χ4v) is 2.88. The molecular formula is C22H20N2O4. The maximum absolute atomic E-state index is 11.2. The van der Waals surface area contributed by atoms with E-state index in [0.717, 1.165) is 22.3 Å². The summed E-state index contributed by atoms with van der Waals surface area (Å²) in [5.74, 6) is 0.192. The van der Waals surface area contributed by atoms with Crippen LogP contribution in [0.4, 0.5) is 0 Å². The van der Waals surface area contributed by atoms with Crippen LogP contribution in [0.3, 0.4) is 0 Å². The van der Waals surface area contributed by atoms with Gasteiger partial charge < -0.3 is 14.2 Å². The van der Waals surface area contributed by atoms with Crippen molar-refractivity contribution in [3.05, 3.63) is 71.8 Å². The third-order valence-electron chi connectivity index (χ3n) is 4.20. The SMILES string of the molecule is C=Cc1c(COc2nc(OC)c(C=O)c(OC)n2)cccc1-c1ccccc1. The van der Waals surface area contributed by atoms with E-state index in [1.165, 1.54) is 14.2 Å². The molecule has 3 rings (SSSR count). The smallest absolute Gasteiger partial charge is 0.323 e. The Labute approximate surface area is 163 Å². The first-order valence-electron chi connectivity index (χ1n) is 8.59. The van der Waals surface area contributed by atoms with E-state index in [4.69, 9.17) is 14.2 Å². The Morgan fingerprint density at radius 2 is 1.61 bits per heavy atom. The van der Waals surface area contributed by atoms with Gasteiger partial charge in [0.15, 0.2) is 6.29 Å². The Morgan fingerprint density at radius 1 is 0.929 bits per heavy atom. The van der Waals surface area contributed by atoms with Crippen LogP contribution < -0.4 is 14.2 Å². The molecule has 0 spiro atoms. The van der Waals surface area contributed by atoms with Crippen molar-refractivity contribution in [2.45, 2.75) is 6.61 Å². The predicted octanol–water partition coefficient (Wildman–Crippen LogP) is 4.20. The fraction of sp³-hybridized carbons (Fsp3) is 0.136. The highest BCUT2D eigenvalue weighted by atomic mass is 16.5. The Balaban J connectivity index is 1.91. The summed E-state index contributed by atoms with van der Waals surface area (Å²) in [4.78, 5) is 19.5. The first kappa shape index (κ1) is 19.1. The molecule has 0 aliphatic carbocycles. The highest BCUT2D eigenvalue weighted by molar-refractivity contribution is 5.81. The van der Waals surface area contributed by atoms with E-state index in [9.17, 15) is 4.79 Å². The molecule has 0 saturated heterocycles. The minimum Gasteiger partial charge on any atom is -0.480 e. The average Bonchev–Trinajstić information content (AvgIpc) is 2.76. The lowest BCUT2D eigenvalue weighted by Gasteiger charge is -2.14.